The summed E-state index contributed by atoms with van der Waals surface area (Å²) in [6.45, 7) is 3.99. The molecule has 0 saturated carbocycles. The summed E-state index contributed by atoms with van der Waals surface area (Å²) in [6.07, 6.45) is 1.59. The van der Waals surface area contributed by atoms with E-state index in [1.807, 2.05) is 13.8 Å². The molecule has 94 valence electrons. The van der Waals surface area contributed by atoms with E-state index in [-0.39, 0.29) is 24.3 Å². The molecule has 0 bridgehead atoms. The fourth-order valence-electron chi connectivity index (χ4n) is 1.29. The van der Waals surface area contributed by atoms with E-state index in [0.717, 1.165) is 4.47 Å². The molecule has 0 spiro atoms. The minimum Gasteiger partial charge on any atom is -0.506 e. The molecule has 1 aromatic carbocycles. The zero-order valence-corrected chi connectivity index (χ0v) is 12.9. The van der Waals surface area contributed by atoms with Gasteiger partial charge in [0.2, 0.25) is 0 Å². The van der Waals surface area contributed by atoms with E-state index in [1.54, 1.807) is 18.3 Å². The van der Waals surface area contributed by atoms with Crippen LogP contribution in [0.1, 0.15) is 19.4 Å². The summed E-state index contributed by atoms with van der Waals surface area (Å²) < 4.78 is 1.46. The van der Waals surface area contributed by atoms with Crippen LogP contribution in [-0.2, 0) is 0 Å². The summed E-state index contributed by atoms with van der Waals surface area (Å²) in [5, 5.41) is 19.0. The van der Waals surface area contributed by atoms with Gasteiger partial charge in [0.1, 0.15) is 5.75 Å². The van der Waals surface area contributed by atoms with Crippen LogP contribution in [0, 0.1) is 5.92 Å². The molecule has 0 fully saturated rings. The van der Waals surface area contributed by atoms with Crippen LogP contribution in [-0.4, -0.2) is 29.1 Å². The second-order valence-corrected chi connectivity index (χ2v) is 5.87. The third-order valence-corrected chi connectivity index (χ3v) is 3.48. The number of hydrogen-bond acceptors (Lipinski definition) is 3. The van der Waals surface area contributed by atoms with E-state index in [4.69, 9.17) is 5.11 Å². The smallest absolute Gasteiger partial charge is 0.138 e. The Hall–Kier alpha value is -0.390. The van der Waals surface area contributed by atoms with Gasteiger partial charge in [-0.25, -0.2) is 0 Å². The molecule has 17 heavy (non-hydrogen) atoms. The number of aliphatic hydroxyl groups is 1. The van der Waals surface area contributed by atoms with Gasteiger partial charge < -0.3 is 10.2 Å². The summed E-state index contributed by atoms with van der Waals surface area (Å²) in [5.41, 5.74) is 0.616. The van der Waals surface area contributed by atoms with E-state index in [9.17, 15) is 5.11 Å². The standard InChI is InChI=1S/C12H15Br2NO2/c1-7(2)11(6-16)15-5-8-3-9(13)4-10(14)12(8)17/h3-5,7,11,16-17H,6H2,1-2H3/t11-/m0/s1. The highest BCUT2D eigenvalue weighted by molar-refractivity contribution is 9.11. The Morgan fingerprint density at radius 2 is 2.00 bits per heavy atom. The molecule has 0 heterocycles. The molecule has 0 aliphatic heterocycles. The van der Waals surface area contributed by atoms with Gasteiger partial charge in [0.25, 0.3) is 0 Å². The fraction of sp³-hybridized carbons (Fsp3) is 0.417. The molecule has 0 saturated heterocycles. The van der Waals surface area contributed by atoms with E-state index >= 15 is 0 Å². The third kappa shape index (κ3) is 4.08. The summed E-state index contributed by atoms with van der Waals surface area (Å²) in [6, 6.07) is 3.39. The van der Waals surface area contributed by atoms with Crippen LogP contribution in [0.4, 0.5) is 0 Å². The van der Waals surface area contributed by atoms with E-state index < -0.39 is 0 Å². The van der Waals surface area contributed by atoms with E-state index in [1.165, 1.54) is 0 Å². The van der Waals surface area contributed by atoms with Crippen molar-refractivity contribution in [2.45, 2.75) is 19.9 Å². The van der Waals surface area contributed by atoms with Gasteiger partial charge in [0.05, 0.1) is 17.1 Å². The van der Waals surface area contributed by atoms with Crippen LogP contribution < -0.4 is 0 Å². The number of benzene rings is 1. The molecular formula is C12H15Br2NO2. The first kappa shape index (κ1) is 14.7. The Kier molecular flexibility index (Phi) is 5.62. The molecule has 0 aliphatic rings. The molecule has 0 amide bonds. The van der Waals surface area contributed by atoms with Gasteiger partial charge in [-0.2, -0.15) is 0 Å². The molecule has 0 unspecified atom stereocenters. The quantitative estimate of drug-likeness (QED) is 0.805. The van der Waals surface area contributed by atoms with Crippen molar-refractivity contribution in [2.75, 3.05) is 6.61 Å². The summed E-state index contributed by atoms with van der Waals surface area (Å²) in [7, 11) is 0. The fourth-order valence-corrected chi connectivity index (χ4v) is 2.55. The van der Waals surface area contributed by atoms with Crippen LogP contribution in [0.2, 0.25) is 0 Å². The molecular weight excluding hydrogens is 350 g/mol. The van der Waals surface area contributed by atoms with Crippen molar-refractivity contribution in [3.05, 3.63) is 26.6 Å². The highest BCUT2D eigenvalue weighted by atomic mass is 79.9. The van der Waals surface area contributed by atoms with Gasteiger partial charge in [-0.05, 0) is 34.0 Å². The van der Waals surface area contributed by atoms with Gasteiger partial charge >= 0.3 is 0 Å². The zero-order chi connectivity index (χ0) is 13.0. The number of aromatic hydroxyl groups is 1. The maximum atomic E-state index is 9.82. The van der Waals surface area contributed by atoms with Crippen LogP contribution in [0.3, 0.4) is 0 Å². The highest BCUT2D eigenvalue weighted by Crippen LogP contribution is 2.30. The maximum Gasteiger partial charge on any atom is 0.138 e. The summed E-state index contributed by atoms with van der Waals surface area (Å²) in [5.74, 6) is 0.409. The van der Waals surface area contributed by atoms with Gasteiger partial charge in [-0.1, -0.05) is 29.8 Å². The first-order chi connectivity index (χ1) is 7.95. The van der Waals surface area contributed by atoms with Gasteiger partial charge in [0, 0.05) is 16.3 Å². The van der Waals surface area contributed by atoms with E-state index in [2.05, 4.69) is 36.9 Å². The normalized spacial score (nSPS) is 13.5. The number of phenolic OH excluding ortho intramolecular Hbond substituents is 1. The Balaban J connectivity index is 2.98. The molecule has 0 radical (unpaired) electrons. The minimum atomic E-state index is -0.146. The molecule has 1 aromatic rings. The Bertz CT molecular complexity index is 419. The lowest BCUT2D eigenvalue weighted by Crippen LogP contribution is -2.17. The minimum absolute atomic E-state index is 0.00407. The van der Waals surface area contributed by atoms with Crippen molar-refractivity contribution < 1.29 is 10.2 Å². The molecule has 5 heteroatoms. The van der Waals surface area contributed by atoms with Crippen LogP contribution >= 0.6 is 31.9 Å². The number of phenols is 1. The largest absolute Gasteiger partial charge is 0.506 e. The number of halogens is 2. The summed E-state index contributed by atoms with van der Waals surface area (Å²) in [4.78, 5) is 4.28. The first-order valence-corrected chi connectivity index (χ1v) is 6.86. The number of aliphatic imine (C=N–C) groups is 1. The van der Waals surface area contributed by atoms with Crippen LogP contribution in [0.25, 0.3) is 0 Å². The van der Waals surface area contributed by atoms with Crippen molar-refractivity contribution in [3.8, 4) is 5.75 Å². The average Bonchev–Trinajstić information content (AvgIpc) is 2.25. The van der Waals surface area contributed by atoms with Gasteiger partial charge in [0.15, 0.2) is 0 Å². The SMILES string of the molecule is CC(C)[C@H](CO)N=Cc1cc(Br)cc(Br)c1O. The first-order valence-electron chi connectivity index (χ1n) is 5.27. The predicted molar refractivity (Wildman–Crippen MR) is 76.8 cm³/mol. The second kappa shape index (κ2) is 6.52. The molecule has 3 nitrogen and oxygen atoms in total. The predicted octanol–water partition coefficient (Wildman–Crippen LogP) is 3.35. The lowest BCUT2D eigenvalue weighted by atomic mass is 10.1. The Labute approximate surface area is 118 Å². The summed E-state index contributed by atoms with van der Waals surface area (Å²) >= 11 is 6.61. The van der Waals surface area contributed by atoms with Crippen molar-refractivity contribution >= 4 is 38.1 Å². The van der Waals surface area contributed by atoms with Crippen LogP contribution in [0.15, 0.2) is 26.1 Å². The molecule has 1 atom stereocenters. The maximum absolute atomic E-state index is 9.82. The number of nitrogens with zero attached hydrogens (tertiary/aromatic N) is 1. The van der Waals surface area contributed by atoms with Crippen molar-refractivity contribution in [1.82, 2.24) is 0 Å². The van der Waals surface area contributed by atoms with E-state index in [0.29, 0.717) is 10.0 Å². The van der Waals surface area contributed by atoms with Gasteiger partial charge in [-0.15, -0.1) is 0 Å². The van der Waals surface area contributed by atoms with Crippen LogP contribution in [0.5, 0.6) is 5.75 Å². The lowest BCUT2D eigenvalue weighted by Gasteiger charge is -2.12. The van der Waals surface area contributed by atoms with Gasteiger partial charge in [-0.3, -0.25) is 4.99 Å². The van der Waals surface area contributed by atoms with Crippen molar-refractivity contribution in [2.24, 2.45) is 10.9 Å². The monoisotopic (exact) mass is 363 g/mol. The average molecular weight is 365 g/mol. The third-order valence-electron chi connectivity index (χ3n) is 2.42. The number of aliphatic hydroxyl groups excluding tert-OH is 1. The second-order valence-electron chi connectivity index (χ2n) is 4.10. The Morgan fingerprint density at radius 1 is 1.35 bits per heavy atom. The number of hydrogen-bond donors (Lipinski definition) is 2. The highest BCUT2D eigenvalue weighted by Gasteiger charge is 2.10. The molecule has 0 aliphatic carbocycles. The van der Waals surface area contributed by atoms with Crippen molar-refractivity contribution in [1.29, 1.82) is 0 Å². The molecule has 0 aromatic heterocycles. The number of rotatable bonds is 4. The van der Waals surface area contributed by atoms with Crippen molar-refractivity contribution in [3.63, 3.8) is 0 Å². The zero-order valence-electron chi connectivity index (χ0n) is 9.69. The molecule has 1 rings (SSSR count). The Morgan fingerprint density at radius 3 is 2.53 bits per heavy atom. The molecule has 2 N–H and O–H groups in total. The lowest BCUT2D eigenvalue weighted by molar-refractivity contribution is 0.240. The topological polar surface area (TPSA) is 52.8 Å².